The smallest absolute Gasteiger partial charge is 0.215 e. The van der Waals surface area contributed by atoms with E-state index in [0.717, 1.165) is 5.37 Å². The minimum atomic E-state index is -2.14. The molecule has 0 aliphatic carbocycles. The van der Waals surface area contributed by atoms with Gasteiger partial charge in [0.25, 0.3) is 0 Å². The van der Waals surface area contributed by atoms with Crippen molar-refractivity contribution in [2.75, 3.05) is 13.6 Å². The molecule has 4 nitrogen and oxygen atoms in total. The Hall–Kier alpha value is -1.10. The molecule has 0 aromatic heterocycles. The highest BCUT2D eigenvalue weighted by Crippen LogP contribution is 1.93. The zero-order chi connectivity index (χ0) is 8.27. The molecule has 0 saturated heterocycles. The fourth-order valence-electron chi connectivity index (χ4n) is 0.771. The van der Waals surface area contributed by atoms with Crippen LogP contribution >= 0.6 is 0 Å². The Labute approximate surface area is 66.4 Å². The number of hydrogen-bond donors (Lipinski definition) is 0. The van der Waals surface area contributed by atoms with E-state index in [2.05, 4.69) is 4.99 Å². The van der Waals surface area contributed by atoms with Gasteiger partial charge in [0.05, 0.1) is 17.6 Å². The molecule has 11 heavy (non-hydrogen) atoms. The van der Waals surface area contributed by atoms with Gasteiger partial charge in [-0.3, -0.25) is 4.99 Å². The van der Waals surface area contributed by atoms with Crippen LogP contribution in [-0.2, 0) is 10.3 Å². The lowest BCUT2D eigenvalue weighted by Crippen LogP contribution is -2.24. The van der Waals surface area contributed by atoms with Gasteiger partial charge in [-0.25, -0.2) is 0 Å². The quantitative estimate of drug-likeness (QED) is 0.502. The molecule has 1 aliphatic heterocycles. The second-order valence-electron chi connectivity index (χ2n) is 2.21. The van der Waals surface area contributed by atoms with E-state index in [0.29, 0.717) is 12.3 Å². The van der Waals surface area contributed by atoms with Crippen LogP contribution in [0.3, 0.4) is 0 Å². The molecule has 1 aliphatic rings. The number of nitrogens with zero attached hydrogens (tertiary/aromatic N) is 2. The summed E-state index contributed by atoms with van der Waals surface area (Å²) >= 11 is 0. The summed E-state index contributed by atoms with van der Waals surface area (Å²) in [7, 11) is -0.290. The topological polar surface area (TPSA) is 49.7 Å². The molecule has 0 aromatic carbocycles. The highest BCUT2D eigenvalue weighted by molar-refractivity contribution is 7.73. The lowest BCUT2D eigenvalue weighted by Gasteiger charge is -2.15. The molecule has 0 saturated carbocycles. The predicted molar refractivity (Wildman–Crippen MR) is 44.2 cm³/mol. The zero-order valence-electron chi connectivity index (χ0n) is 6.06. The lowest BCUT2D eigenvalue weighted by molar-refractivity contribution is 0.519. The Bertz CT molecular complexity index is 318. The minimum Gasteiger partial charge on any atom is -0.373 e. The van der Waals surface area contributed by atoms with Crippen LogP contribution in [-0.4, -0.2) is 38.0 Å². The van der Waals surface area contributed by atoms with Gasteiger partial charge in [0, 0.05) is 19.4 Å². The molecule has 0 N–H and O–H groups in total. The summed E-state index contributed by atoms with van der Waals surface area (Å²) < 4.78 is 20.4. The summed E-state index contributed by atoms with van der Waals surface area (Å²) in [6.07, 6.45) is 3.35. The van der Waals surface area contributed by atoms with E-state index < -0.39 is 10.3 Å². The van der Waals surface area contributed by atoms with Crippen LogP contribution in [0.25, 0.3) is 0 Å². The van der Waals surface area contributed by atoms with Gasteiger partial charge >= 0.3 is 0 Å². The monoisotopic (exact) mass is 172 g/mol. The number of rotatable bonds is 1. The molecule has 0 bridgehead atoms. The Morgan fingerprint density at radius 3 is 3.00 bits per heavy atom. The first-order valence-electron chi connectivity index (χ1n) is 3.05. The summed E-state index contributed by atoms with van der Waals surface area (Å²) in [6, 6.07) is 0. The minimum absolute atomic E-state index is 0.546. The molecule has 1 rings (SSSR count). The van der Waals surface area contributed by atoms with Crippen molar-refractivity contribution in [3.05, 3.63) is 12.4 Å². The summed E-state index contributed by atoms with van der Waals surface area (Å²) in [5, 5.41) is 1.11. The molecular formula is C6H8N2O2S. The maximum Gasteiger partial charge on any atom is 0.215 e. The largest absolute Gasteiger partial charge is 0.373 e. The van der Waals surface area contributed by atoms with Crippen LogP contribution in [0.2, 0.25) is 0 Å². The maximum atomic E-state index is 10.2. The van der Waals surface area contributed by atoms with Crippen molar-refractivity contribution < 1.29 is 8.42 Å². The molecule has 0 atom stereocenters. The van der Waals surface area contributed by atoms with Crippen molar-refractivity contribution in [2.24, 2.45) is 4.99 Å². The molecule has 1 heterocycles. The molecule has 60 valence electrons. The first-order chi connectivity index (χ1) is 5.18. The highest BCUT2D eigenvalue weighted by Gasteiger charge is 2.01. The zero-order valence-corrected chi connectivity index (χ0v) is 6.87. The molecule has 0 fully saturated rings. The average molecular weight is 172 g/mol. The van der Waals surface area contributed by atoms with Crippen LogP contribution in [0.15, 0.2) is 17.4 Å². The Balaban J connectivity index is 2.83. The lowest BCUT2D eigenvalue weighted by atomic mass is 10.4. The molecule has 0 amide bonds. The number of hydrogen-bond acceptors (Lipinski definition) is 4. The third kappa shape index (κ3) is 2.55. The van der Waals surface area contributed by atoms with E-state index in [1.54, 1.807) is 12.4 Å². The molecule has 0 aromatic rings. The van der Waals surface area contributed by atoms with Crippen molar-refractivity contribution in [2.45, 2.75) is 0 Å². The van der Waals surface area contributed by atoms with Gasteiger partial charge < -0.3 is 4.90 Å². The Morgan fingerprint density at radius 1 is 1.73 bits per heavy atom. The third-order valence-electron chi connectivity index (χ3n) is 1.21. The highest BCUT2D eigenvalue weighted by atomic mass is 32.2. The van der Waals surface area contributed by atoms with Crippen LogP contribution < -0.4 is 0 Å². The fraction of sp³-hybridized carbons (Fsp3) is 0.333. The van der Waals surface area contributed by atoms with Crippen LogP contribution in [0.4, 0.5) is 0 Å². The van der Waals surface area contributed by atoms with Crippen molar-refractivity contribution in [1.82, 2.24) is 4.90 Å². The van der Waals surface area contributed by atoms with Gasteiger partial charge in [-0.2, -0.15) is 8.42 Å². The van der Waals surface area contributed by atoms with Crippen LogP contribution in [0, 0.1) is 0 Å². The van der Waals surface area contributed by atoms with Crippen molar-refractivity contribution in [3.8, 4) is 0 Å². The van der Waals surface area contributed by atoms with Crippen LogP contribution in [0.5, 0.6) is 0 Å². The predicted octanol–water partition coefficient (Wildman–Crippen LogP) is -0.475. The van der Waals surface area contributed by atoms with Crippen LogP contribution in [0.1, 0.15) is 0 Å². The second kappa shape index (κ2) is 3.34. The van der Waals surface area contributed by atoms with Crippen molar-refractivity contribution in [3.63, 3.8) is 0 Å². The van der Waals surface area contributed by atoms with Crippen molar-refractivity contribution >= 4 is 21.4 Å². The van der Waals surface area contributed by atoms with E-state index in [1.165, 1.54) is 0 Å². The SMILES string of the molecule is CN1C=CN=C(C=S(=O)=O)C1. The first-order valence-corrected chi connectivity index (χ1v) is 4.19. The van der Waals surface area contributed by atoms with E-state index in [9.17, 15) is 8.42 Å². The molecular weight excluding hydrogens is 164 g/mol. The molecule has 5 heteroatoms. The maximum absolute atomic E-state index is 10.2. The van der Waals surface area contributed by atoms with E-state index >= 15 is 0 Å². The summed E-state index contributed by atoms with van der Waals surface area (Å²) in [5.74, 6) is 0. The Morgan fingerprint density at radius 2 is 2.45 bits per heavy atom. The standard InChI is InChI=1S/C6H8N2O2S/c1-8-3-2-7-6(4-8)5-11(9)10/h2-3,5H,4H2,1H3. The van der Waals surface area contributed by atoms with Gasteiger partial charge in [0.15, 0.2) is 0 Å². The van der Waals surface area contributed by atoms with Gasteiger partial charge in [-0.05, 0) is 0 Å². The second-order valence-corrected chi connectivity index (χ2v) is 2.97. The summed E-state index contributed by atoms with van der Waals surface area (Å²) in [4.78, 5) is 5.72. The summed E-state index contributed by atoms with van der Waals surface area (Å²) in [5.41, 5.74) is 0.559. The first kappa shape index (κ1) is 8.00. The summed E-state index contributed by atoms with van der Waals surface area (Å²) in [6.45, 7) is 0.546. The molecule has 0 unspecified atom stereocenters. The fourth-order valence-corrected chi connectivity index (χ4v) is 1.13. The van der Waals surface area contributed by atoms with Gasteiger partial charge in [0.1, 0.15) is 0 Å². The van der Waals surface area contributed by atoms with Gasteiger partial charge in [-0.15, -0.1) is 0 Å². The molecule has 0 spiro atoms. The molecule has 0 radical (unpaired) electrons. The van der Waals surface area contributed by atoms with Gasteiger partial charge in [-0.1, -0.05) is 0 Å². The van der Waals surface area contributed by atoms with Gasteiger partial charge in [0.2, 0.25) is 10.3 Å². The normalized spacial score (nSPS) is 16.1. The number of aliphatic imine (C=N–C) groups is 1. The van der Waals surface area contributed by atoms with Crippen molar-refractivity contribution in [1.29, 1.82) is 0 Å². The third-order valence-corrected chi connectivity index (χ3v) is 1.67. The Kier molecular flexibility index (Phi) is 2.43. The van der Waals surface area contributed by atoms with E-state index in [-0.39, 0.29) is 0 Å². The van der Waals surface area contributed by atoms with E-state index in [4.69, 9.17) is 0 Å². The average Bonchev–Trinajstić information content (AvgIpc) is 1.85. The van der Waals surface area contributed by atoms with E-state index in [1.807, 2.05) is 11.9 Å².